The fourth-order valence-electron chi connectivity index (χ4n) is 1.33. The van der Waals surface area contributed by atoms with E-state index in [0.29, 0.717) is 6.61 Å². The Morgan fingerprint density at radius 2 is 1.94 bits per heavy atom. The molecule has 0 fully saturated rings. The van der Waals surface area contributed by atoms with Crippen LogP contribution in [0.2, 0.25) is 0 Å². The third-order valence-electron chi connectivity index (χ3n) is 2.38. The van der Waals surface area contributed by atoms with Crippen LogP contribution in [-0.2, 0) is 14.2 Å². The van der Waals surface area contributed by atoms with Crippen molar-refractivity contribution in [3.05, 3.63) is 0 Å². The molecule has 4 heteroatoms. The van der Waals surface area contributed by atoms with Crippen molar-refractivity contribution in [3.8, 4) is 0 Å². The monoisotopic (exact) mass is 234 g/mol. The predicted molar refractivity (Wildman–Crippen MR) is 63.1 cm³/mol. The fraction of sp³-hybridized carbons (Fsp3) is 1.00. The van der Waals surface area contributed by atoms with Gasteiger partial charge in [-0.25, -0.2) is 0 Å². The summed E-state index contributed by atoms with van der Waals surface area (Å²) in [5.74, 6) is 0. The van der Waals surface area contributed by atoms with Crippen LogP contribution in [0, 0.1) is 0 Å². The molecule has 0 aromatic carbocycles. The van der Waals surface area contributed by atoms with Gasteiger partial charge < -0.3 is 19.3 Å². The minimum Gasteiger partial charge on any atom is -0.368 e. The molecular weight excluding hydrogens is 208 g/mol. The summed E-state index contributed by atoms with van der Waals surface area (Å²) in [7, 11) is 1.66. The van der Waals surface area contributed by atoms with E-state index in [4.69, 9.17) is 19.3 Å². The molecule has 0 heterocycles. The lowest BCUT2D eigenvalue weighted by Crippen LogP contribution is -2.28. The van der Waals surface area contributed by atoms with Crippen molar-refractivity contribution in [1.29, 1.82) is 0 Å². The Bertz CT molecular complexity index is 150. The van der Waals surface area contributed by atoms with Gasteiger partial charge in [0.1, 0.15) is 0 Å². The Labute approximate surface area is 98.9 Å². The first-order valence-corrected chi connectivity index (χ1v) is 6.11. The Hall–Kier alpha value is -0.160. The highest BCUT2D eigenvalue weighted by Gasteiger charge is 2.15. The van der Waals surface area contributed by atoms with E-state index in [0.717, 1.165) is 25.7 Å². The fourth-order valence-corrected chi connectivity index (χ4v) is 1.33. The van der Waals surface area contributed by atoms with Gasteiger partial charge in [0.05, 0.1) is 12.7 Å². The van der Waals surface area contributed by atoms with Crippen LogP contribution in [-0.4, -0.2) is 37.5 Å². The summed E-state index contributed by atoms with van der Waals surface area (Å²) >= 11 is 0. The second-order valence-electron chi connectivity index (χ2n) is 3.91. The molecule has 0 amide bonds. The number of methoxy groups -OCH3 is 1. The molecule has 0 saturated heterocycles. The Morgan fingerprint density at radius 3 is 2.38 bits per heavy atom. The lowest BCUT2D eigenvalue weighted by Gasteiger charge is -2.23. The molecule has 0 radical (unpaired) electrons. The van der Waals surface area contributed by atoms with Crippen LogP contribution in [0.1, 0.15) is 46.5 Å². The molecule has 0 rings (SSSR count). The minimum absolute atomic E-state index is 0.0172. The molecule has 0 aliphatic rings. The van der Waals surface area contributed by atoms with Gasteiger partial charge in [-0.1, -0.05) is 20.3 Å². The van der Waals surface area contributed by atoms with E-state index in [1.807, 2.05) is 6.92 Å². The van der Waals surface area contributed by atoms with Crippen molar-refractivity contribution in [2.75, 3.05) is 13.7 Å². The molecule has 0 aliphatic heterocycles. The first kappa shape index (κ1) is 15.8. The van der Waals surface area contributed by atoms with Crippen molar-refractivity contribution >= 4 is 0 Å². The molecule has 4 nitrogen and oxygen atoms in total. The number of aliphatic hydroxyl groups excluding tert-OH is 1. The number of unbranched alkanes of at least 4 members (excludes halogenated alkanes) is 1. The average molecular weight is 234 g/mol. The van der Waals surface area contributed by atoms with Crippen molar-refractivity contribution in [3.63, 3.8) is 0 Å². The van der Waals surface area contributed by atoms with Crippen LogP contribution in [0.3, 0.4) is 0 Å². The zero-order valence-electron chi connectivity index (χ0n) is 10.9. The van der Waals surface area contributed by atoms with Gasteiger partial charge in [0.15, 0.2) is 12.6 Å². The first-order valence-electron chi connectivity index (χ1n) is 6.11. The second kappa shape index (κ2) is 10.0. The molecule has 0 bridgehead atoms. The van der Waals surface area contributed by atoms with Crippen LogP contribution >= 0.6 is 0 Å². The van der Waals surface area contributed by atoms with Crippen LogP contribution in [0.25, 0.3) is 0 Å². The second-order valence-corrected chi connectivity index (χ2v) is 3.91. The van der Waals surface area contributed by atoms with E-state index in [9.17, 15) is 0 Å². The van der Waals surface area contributed by atoms with E-state index in [1.165, 1.54) is 0 Å². The highest BCUT2D eigenvalue weighted by Crippen LogP contribution is 2.11. The molecule has 0 saturated carbocycles. The molecule has 98 valence electrons. The molecule has 0 spiro atoms. The van der Waals surface area contributed by atoms with Crippen LogP contribution in [0.5, 0.6) is 0 Å². The summed E-state index contributed by atoms with van der Waals surface area (Å²) < 4.78 is 16.1. The summed E-state index contributed by atoms with van der Waals surface area (Å²) in [6, 6.07) is 0. The normalized spacial score (nSPS) is 17.1. The van der Waals surface area contributed by atoms with E-state index < -0.39 is 6.29 Å². The number of ether oxygens (including phenoxy) is 3. The predicted octanol–water partition coefficient (Wildman–Crippen LogP) is 2.30. The van der Waals surface area contributed by atoms with Gasteiger partial charge in [-0.15, -0.1) is 0 Å². The number of aliphatic hydroxyl groups is 1. The maximum Gasteiger partial charge on any atom is 0.157 e. The molecule has 16 heavy (non-hydrogen) atoms. The molecule has 3 atom stereocenters. The van der Waals surface area contributed by atoms with Crippen molar-refractivity contribution in [2.45, 2.75) is 65.1 Å². The van der Waals surface area contributed by atoms with Crippen LogP contribution in [0.4, 0.5) is 0 Å². The molecule has 0 aromatic rings. The smallest absolute Gasteiger partial charge is 0.157 e. The SMILES string of the molecule is CCCCC(OC)OC(CC)COC(C)O. The van der Waals surface area contributed by atoms with E-state index in [2.05, 4.69) is 6.92 Å². The van der Waals surface area contributed by atoms with E-state index in [-0.39, 0.29) is 12.4 Å². The number of rotatable bonds is 10. The Balaban J connectivity index is 3.86. The Kier molecular flexibility index (Phi) is 9.92. The third-order valence-corrected chi connectivity index (χ3v) is 2.38. The molecule has 0 aliphatic carbocycles. The number of hydrogen-bond acceptors (Lipinski definition) is 4. The van der Waals surface area contributed by atoms with Gasteiger partial charge in [0.25, 0.3) is 0 Å². The van der Waals surface area contributed by atoms with E-state index in [1.54, 1.807) is 14.0 Å². The topological polar surface area (TPSA) is 47.9 Å². The summed E-state index contributed by atoms with van der Waals surface area (Å²) in [5.41, 5.74) is 0. The largest absolute Gasteiger partial charge is 0.368 e. The van der Waals surface area contributed by atoms with E-state index >= 15 is 0 Å². The average Bonchev–Trinajstić information content (AvgIpc) is 2.28. The summed E-state index contributed by atoms with van der Waals surface area (Å²) in [6.45, 7) is 6.17. The van der Waals surface area contributed by atoms with Crippen molar-refractivity contribution < 1.29 is 19.3 Å². The molecule has 1 N–H and O–H groups in total. The van der Waals surface area contributed by atoms with Crippen molar-refractivity contribution in [2.24, 2.45) is 0 Å². The highest BCUT2D eigenvalue weighted by atomic mass is 16.7. The molecule has 3 unspecified atom stereocenters. The van der Waals surface area contributed by atoms with Gasteiger partial charge in [0, 0.05) is 7.11 Å². The van der Waals surface area contributed by atoms with Crippen LogP contribution < -0.4 is 0 Å². The van der Waals surface area contributed by atoms with Crippen LogP contribution in [0.15, 0.2) is 0 Å². The maximum atomic E-state index is 9.02. The summed E-state index contributed by atoms with van der Waals surface area (Å²) in [5, 5.41) is 9.02. The summed E-state index contributed by atoms with van der Waals surface area (Å²) in [6.07, 6.45) is 3.04. The standard InChI is InChI=1S/C12H26O4/c1-5-7-8-12(14-4)16-11(6-2)9-15-10(3)13/h10-13H,5-9H2,1-4H3. The number of hydrogen-bond donors (Lipinski definition) is 1. The highest BCUT2D eigenvalue weighted by molar-refractivity contribution is 4.56. The van der Waals surface area contributed by atoms with Gasteiger partial charge in [-0.3, -0.25) is 0 Å². The first-order chi connectivity index (χ1) is 7.63. The summed E-state index contributed by atoms with van der Waals surface area (Å²) in [4.78, 5) is 0. The van der Waals surface area contributed by atoms with Gasteiger partial charge in [-0.2, -0.15) is 0 Å². The van der Waals surface area contributed by atoms with Gasteiger partial charge >= 0.3 is 0 Å². The lowest BCUT2D eigenvalue weighted by molar-refractivity contribution is -0.190. The third kappa shape index (κ3) is 8.05. The van der Waals surface area contributed by atoms with Gasteiger partial charge in [0.2, 0.25) is 0 Å². The quantitative estimate of drug-likeness (QED) is 0.589. The van der Waals surface area contributed by atoms with Gasteiger partial charge in [-0.05, 0) is 26.2 Å². The Morgan fingerprint density at radius 1 is 1.25 bits per heavy atom. The lowest BCUT2D eigenvalue weighted by atomic mass is 10.2. The van der Waals surface area contributed by atoms with Crippen molar-refractivity contribution in [1.82, 2.24) is 0 Å². The minimum atomic E-state index is -0.741. The zero-order valence-corrected chi connectivity index (χ0v) is 10.9. The maximum absolute atomic E-state index is 9.02. The molecular formula is C12H26O4. The zero-order chi connectivity index (χ0) is 12.4. The molecule has 0 aromatic heterocycles.